The lowest BCUT2D eigenvalue weighted by molar-refractivity contribution is -0.131. The number of halogens is 1. The Kier molecular flexibility index (Phi) is 5.35. The molecule has 3 heterocycles. The predicted octanol–water partition coefficient (Wildman–Crippen LogP) is 2.36. The minimum atomic E-state index is -0.551. The predicted molar refractivity (Wildman–Crippen MR) is 109 cm³/mol. The van der Waals surface area contributed by atoms with Crippen LogP contribution in [0.5, 0.6) is 0 Å². The molecule has 1 unspecified atom stereocenters. The van der Waals surface area contributed by atoms with Crippen LogP contribution in [0.2, 0.25) is 0 Å². The topological polar surface area (TPSA) is 99.0 Å². The number of ketones is 1. The van der Waals surface area contributed by atoms with E-state index in [4.69, 9.17) is 5.73 Å². The van der Waals surface area contributed by atoms with Gasteiger partial charge in [-0.1, -0.05) is 0 Å². The fraction of sp³-hybridized carbons (Fsp3) is 0.333. The van der Waals surface area contributed by atoms with E-state index in [9.17, 15) is 14.0 Å². The summed E-state index contributed by atoms with van der Waals surface area (Å²) in [4.78, 5) is 27.6. The van der Waals surface area contributed by atoms with Gasteiger partial charge >= 0.3 is 0 Å². The minimum Gasteiger partial charge on any atom is -0.383 e. The first kappa shape index (κ1) is 19.8. The summed E-state index contributed by atoms with van der Waals surface area (Å²) in [5, 5.41) is 8.38. The summed E-state index contributed by atoms with van der Waals surface area (Å²) >= 11 is 0. The van der Waals surface area contributed by atoms with Crippen molar-refractivity contribution < 1.29 is 14.0 Å². The molecule has 1 atom stereocenters. The zero-order valence-electron chi connectivity index (χ0n) is 16.7. The van der Waals surface area contributed by atoms with Gasteiger partial charge in [-0.05, 0) is 50.1 Å². The van der Waals surface area contributed by atoms with E-state index in [0.717, 1.165) is 12.1 Å². The molecule has 2 N–H and O–H groups in total. The van der Waals surface area contributed by atoms with Crippen molar-refractivity contribution in [2.24, 2.45) is 0 Å². The number of nitrogens with zero attached hydrogens (tertiary/aromatic N) is 5. The number of rotatable bonds is 6. The molecule has 1 amide bonds. The number of amides is 1. The molecule has 156 valence electrons. The van der Waals surface area contributed by atoms with E-state index in [2.05, 4.69) is 10.2 Å². The molecule has 2 aromatic heterocycles. The number of aromatic nitrogens is 4. The molecule has 4 rings (SSSR count). The Morgan fingerprint density at radius 1 is 1.20 bits per heavy atom. The summed E-state index contributed by atoms with van der Waals surface area (Å²) in [7, 11) is 0. The van der Waals surface area contributed by atoms with Crippen LogP contribution in [0.1, 0.15) is 35.3 Å². The first-order chi connectivity index (χ1) is 14.5. The Morgan fingerprint density at radius 2 is 1.97 bits per heavy atom. The van der Waals surface area contributed by atoms with Crippen LogP contribution in [-0.4, -0.2) is 48.7 Å². The van der Waals surface area contributed by atoms with Crippen molar-refractivity contribution in [1.82, 2.24) is 24.5 Å². The normalized spacial score (nSPS) is 16.2. The molecule has 1 fully saturated rings. The highest BCUT2D eigenvalue weighted by Crippen LogP contribution is 2.26. The van der Waals surface area contributed by atoms with Crippen molar-refractivity contribution in [3.8, 4) is 5.69 Å². The number of anilines is 1. The fourth-order valence-electron chi connectivity index (χ4n) is 3.83. The molecular formula is C21H23FN6O2. The van der Waals surface area contributed by atoms with Crippen LogP contribution >= 0.6 is 0 Å². The molecule has 1 aliphatic heterocycles. The van der Waals surface area contributed by atoms with E-state index < -0.39 is 6.04 Å². The summed E-state index contributed by atoms with van der Waals surface area (Å²) in [5.41, 5.74) is 7.99. The van der Waals surface area contributed by atoms with Crippen molar-refractivity contribution in [3.63, 3.8) is 0 Å². The number of nitrogen functional groups attached to an aromatic ring is 1. The van der Waals surface area contributed by atoms with E-state index >= 15 is 0 Å². The first-order valence-corrected chi connectivity index (χ1v) is 9.87. The number of hydrogen-bond acceptors (Lipinski definition) is 5. The van der Waals surface area contributed by atoms with Crippen LogP contribution in [0.3, 0.4) is 0 Å². The molecule has 0 bridgehead atoms. The van der Waals surface area contributed by atoms with Crippen LogP contribution in [0.4, 0.5) is 10.2 Å². The molecule has 8 nitrogen and oxygen atoms in total. The smallest absolute Gasteiger partial charge is 0.225 e. The lowest BCUT2D eigenvalue weighted by atomic mass is 10.0. The second-order valence-electron chi connectivity index (χ2n) is 7.39. The average molecular weight is 410 g/mol. The number of aryl methyl sites for hydroxylation is 2. The Hall–Kier alpha value is -3.49. The molecule has 0 aliphatic carbocycles. The van der Waals surface area contributed by atoms with E-state index in [1.165, 1.54) is 35.1 Å². The first-order valence-electron chi connectivity index (χ1n) is 9.87. The van der Waals surface area contributed by atoms with Gasteiger partial charge in [-0.25, -0.2) is 9.07 Å². The third-order valence-corrected chi connectivity index (χ3v) is 5.49. The highest BCUT2D eigenvalue weighted by molar-refractivity contribution is 6.05. The Morgan fingerprint density at radius 3 is 2.67 bits per heavy atom. The molecular weight excluding hydrogens is 387 g/mol. The quantitative estimate of drug-likeness (QED) is 0.629. The van der Waals surface area contributed by atoms with Gasteiger partial charge in [0.15, 0.2) is 5.78 Å². The number of likely N-dealkylation sites (tertiary alicyclic amines) is 1. The maximum Gasteiger partial charge on any atom is 0.225 e. The molecule has 30 heavy (non-hydrogen) atoms. The Labute approximate surface area is 173 Å². The lowest BCUT2D eigenvalue weighted by Crippen LogP contribution is -2.41. The average Bonchev–Trinajstić information content (AvgIpc) is 3.46. The maximum atomic E-state index is 13.2. The van der Waals surface area contributed by atoms with Gasteiger partial charge in [0.25, 0.3) is 0 Å². The fourth-order valence-corrected chi connectivity index (χ4v) is 3.83. The van der Waals surface area contributed by atoms with Gasteiger partial charge in [0.05, 0.1) is 23.5 Å². The van der Waals surface area contributed by atoms with Gasteiger partial charge in [-0.3, -0.25) is 14.3 Å². The van der Waals surface area contributed by atoms with E-state index in [-0.39, 0.29) is 35.3 Å². The van der Waals surface area contributed by atoms with E-state index in [1.54, 1.807) is 15.8 Å². The van der Waals surface area contributed by atoms with Gasteiger partial charge in [0.2, 0.25) is 5.91 Å². The van der Waals surface area contributed by atoms with Gasteiger partial charge in [-0.2, -0.15) is 10.2 Å². The van der Waals surface area contributed by atoms with Crippen LogP contribution in [-0.2, 0) is 11.3 Å². The van der Waals surface area contributed by atoms with Crippen molar-refractivity contribution in [2.75, 3.05) is 12.3 Å². The SMILES string of the molecule is Cc1ccnn1CCC(=O)N1CCCC1C(=O)c1cnn(-c2ccc(F)cc2)c1N. The summed E-state index contributed by atoms with van der Waals surface area (Å²) < 4.78 is 16.3. The number of carbonyl (C=O) groups excluding carboxylic acids is 2. The molecule has 9 heteroatoms. The van der Waals surface area contributed by atoms with Gasteiger partial charge < -0.3 is 10.6 Å². The molecule has 1 saturated heterocycles. The van der Waals surface area contributed by atoms with Gasteiger partial charge in [0, 0.05) is 31.4 Å². The van der Waals surface area contributed by atoms with Crippen LogP contribution in [0.15, 0.2) is 42.7 Å². The summed E-state index contributed by atoms with van der Waals surface area (Å²) in [6.07, 6.45) is 4.73. The maximum absolute atomic E-state index is 13.2. The number of hydrogen-bond donors (Lipinski definition) is 1. The van der Waals surface area contributed by atoms with Gasteiger partial charge in [-0.15, -0.1) is 0 Å². The monoisotopic (exact) mass is 410 g/mol. The van der Waals surface area contributed by atoms with Crippen molar-refractivity contribution >= 4 is 17.5 Å². The van der Waals surface area contributed by atoms with Crippen molar-refractivity contribution in [3.05, 3.63) is 59.8 Å². The summed E-state index contributed by atoms with van der Waals surface area (Å²) in [6, 6.07) is 7.01. The third kappa shape index (κ3) is 3.70. The minimum absolute atomic E-state index is 0.0785. The van der Waals surface area contributed by atoms with Crippen LogP contribution in [0.25, 0.3) is 5.69 Å². The largest absolute Gasteiger partial charge is 0.383 e. The molecule has 1 aromatic carbocycles. The number of nitrogens with two attached hydrogens (primary N) is 1. The van der Waals surface area contributed by atoms with E-state index in [1.807, 2.05) is 13.0 Å². The third-order valence-electron chi connectivity index (χ3n) is 5.49. The zero-order valence-corrected chi connectivity index (χ0v) is 16.7. The lowest BCUT2D eigenvalue weighted by Gasteiger charge is -2.23. The standard InChI is InChI=1S/C21H23FN6O2/c1-14-8-10-24-27(14)12-9-19(29)26-11-2-3-18(26)20(30)17-13-25-28(21(17)23)16-6-4-15(22)5-7-16/h4-8,10,13,18H,2-3,9,11-12,23H2,1H3. The molecule has 1 aliphatic rings. The van der Waals surface area contributed by atoms with Crippen molar-refractivity contribution in [2.45, 2.75) is 38.8 Å². The summed E-state index contributed by atoms with van der Waals surface area (Å²) in [5.74, 6) is -0.489. The highest BCUT2D eigenvalue weighted by Gasteiger charge is 2.36. The zero-order chi connectivity index (χ0) is 21.3. The molecule has 0 radical (unpaired) electrons. The van der Waals surface area contributed by atoms with E-state index in [0.29, 0.717) is 25.2 Å². The Bertz CT molecular complexity index is 1070. The second kappa shape index (κ2) is 8.10. The van der Waals surface area contributed by atoms with Gasteiger partial charge in [0.1, 0.15) is 11.6 Å². The molecule has 3 aromatic rings. The summed E-state index contributed by atoms with van der Waals surface area (Å²) in [6.45, 7) is 2.94. The van der Waals surface area contributed by atoms with Crippen molar-refractivity contribution in [1.29, 1.82) is 0 Å². The number of benzene rings is 1. The number of carbonyl (C=O) groups is 2. The van der Waals surface area contributed by atoms with Crippen LogP contribution in [0, 0.1) is 12.7 Å². The highest BCUT2D eigenvalue weighted by atomic mass is 19.1. The van der Waals surface area contributed by atoms with Crippen LogP contribution < -0.4 is 5.73 Å². The number of Topliss-reactive ketones (excluding diaryl/α,β-unsaturated/α-hetero) is 1. The molecule has 0 saturated carbocycles. The Balaban J connectivity index is 1.49. The second-order valence-corrected chi connectivity index (χ2v) is 7.39. The molecule has 0 spiro atoms.